The molecule has 0 fully saturated rings. The van der Waals surface area contributed by atoms with Crippen LogP contribution in [0.2, 0.25) is 0 Å². The normalized spacial score (nSPS) is 14.7. The van der Waals surface area contributed by atoms with E-state index in [1.54, 1.807) is 11.8 Å². The van der Waals surface area contributed by atoms with Crippen LogP contribution in [-0.2, 0) is 6.42 Å². The van der Waals surface area contributed by atoms with E-state index in [9.17, 15) is 0 Å². The van der Waals surface area contributed by atoms with E-state index in [4.69, 9.17) is 9.97 Å². The summed E-state index contributed by atoms with van der Waals surface area (Å²) in [6, 6.07) is 16.7. The van der Waals surface area contributed by atoms with Crippen molar-refractivity contribution in [2.45, 2.75) is 18.0 Å². The molecule has 0 unspecified atom stereocenters. The zero-order valence-electron chi connectivity index (χ0n) is 14.2. The molecule has 1 aliphatic carbocycles. The highest BCUT2D eigenvalue weighted by Gasteiger charge is 2.24. The maximum Gasteiger partial charge on any atom is 0.188 e. The summed E-state index contributed by atoms with van der Waals surface area (Å²) in [5.74, 6) is 0. The molecule has 3 aromatic rings. The first-order valence-corrected chi connectivity index (χ1v) is 11.1. The van der Waals surface area contributed by atoms with Gasteiger partial charge in [0.2, 0.25) is 0 Å². The highest BCUT2D eigenvalue weighted by molar-refractivity contribution is 9.10. The molecule has 0 aliphatic heterocycles. The van der Waals surface area contributed by atoms with Crippen LogP contribution < -0.4 is 0 Å². The number of nitrogens with zero attached hydrogens (tertiary/aromatic N) is 2. The van der Waals surface area contributed by atoms with Crippen LogP contribution in [-0.4, -0.2) is 16.2 Å². The van der Waals surface area contributed by atoms with Gasteiger partial charge in [-0.3, -0.25) is 0 Å². The number of thioether (sulfide) groups is 1. The average Bonchev–Trinajstić information content (AvgIpc) is 3.03. The van der Waals surface area contributed by atoms with Crippen molar-refractivity contribution in [2.75, 3.05) is 6.26 Å². The predicted octanol–water partition coefficient (Wildman–Crippen LogP) is 6.88. The first-order valence-electron chi connectivity index (χ1n) is 8.31. The molecule has 1 heterocycles. The fraction of sp³-hybridized carbons (Fsp3) is 0.143. The van der Waals surface area contributed by atoms with Crippen molar-refractivity contribution in [3.05, 3.63) is 74.3 Å². The zero-order valence-corrected chi connectivity index (χ0v) is 18.2. The van der Waals surface area contributed by atoms with Crippen molar-refractivity contribution in [3.8, 4) is 11.3 Å². The van der Waals surface area contributed by atoms with Crippen molar-refractivity contribution in [1.29, 1.82) is 0 Å². The van der Waals surface area contributed by atoms with Crippen LogP contribution in [0.25, 0.3) is 22.9 Å². The van der Waals surface area contributed by atoms with Gasteiger partial charge in [0.15, 0.2) is 5.16 Å². The Bertz CT molecular complexity index is 1010. The summed E-state index contributed by atoms with van der Waals surface area (Å²) in [5, 5.41) is 0.820. The lowest BCUT2D eigenvalue weighted by molar-refractivity contribution is 0.942. The SMILES string of the molecule is CSc1nc2c(c(-c3cccc(Br)c3)n1)CC/C2=C\c1cccc(Br)c1. The van der Waals surface area contributed by atoms with Crippen molar-refractivity contribution in [3.63, 3.8) is 0 Å². The van der Waals surface area contributed by atoms with E-state index < -0.39 is 0 Å². The van der Waals surface area contributed by atoms with Gasteiger partial charge in [0.05, 0.1) is 11.4 Å². The Kier molecular flexibility index (Phi) is 5.30. The minimum absolute atomic E-state index is 0.820. The Morgan fingerprint density at radius 3 is 2.38 bits per heavy atom. The molecule has 2 aromatic carbocycles. The Morgan fingerprint density at radius 1 is 0.923 bits per heavy atom. The van der Waals surface area contributed by atoms with Crippen LogP contribution in [0, 0.1) is 0 Å². The minimum Gasteiger partial charge on any atom is -0.223 e. The first-order chi connectivity index (χ1) is 12.6. The molecule has 0 saturated carbocycles. The van der Waals surface area contributed by atoms with E-state index in [1.165, 1.54) is 16.7 Å². The molecule has 5 heteroatoms. The van der Waals surface area contributed by atoms with Gasteiger partial charge in [-0.1, -0.05) is 67.9 Å². The van der Waals surface area contributed by atoms with Gasteiger partial charge in [0.1, 0.15) is 0 Å². The van der Waals surface area contributed by atoms with Gasteiger partial charge < -0.3 is 0 Å². The largest absolute Gasteiger partial charge is 0.223 e. The van der Waals surface area contributed by atoms with Crippen LogP contribution in [0.5, 0.6) is 0 Å². The Hall–Kier alpha value is -1.43. The maximum absolute atomic E-state index is 4.84. The molecule has 1 aliphatic rings. The lowest BCUT2D eigenvalue weighted by Crippen LogP contribution is -1.99. The molecular weight excluding hydrogens is 472 g/mol. The summed E-state index contributed by atoms with van der Waals surface area (Å²) in [4.78, 5) is 9.67. The van der Waals surface area contributed by atoms with E-state index in [2.05, 4.69) is 74.3 Å². The minimum atomic E-state index is 0.820. The van der Waals surface area contributed by atoms with Crippen molar-refractivity contribution >= 4 is 55.3 Å². The van der Waals surface area contributed by atoms with Crippen LogP contribution >= 0.6 is 43.6 Å². The molecule has 0 atom stereocenters. The predicted molar refractivity (Wildman–Crippen MR) is 117 cm³/mol. The van der Waals surface area contributed by atoms with Crippen molar-refractivity contribution < 1.29 is 0 Å². The Balaban J connectivity index is 1.85. The van der Waals surface area contributed by atoms with Gasteiger partial charge in [0, 0.05) is 20.1 Å². The molecule has 0 saturated heterocycles. The second-order valence-electron chi connectivity index (χ2n) is 6.12. The van der Waals surface area contributed by atoms with E-state index in [0.29, 0.717) is 0 Å². The monoisotopic (exact) mass is 486 g/mol. The highest BCUT2D eigenvalue weighted by atomic mass is 79.9. The molecule has 2 nitrogen and oxygen atoms in total. The van der Waals surface area contributed by atoms with Crippen LogP contribution in [0.4, 0.5) is 0 Å². The van der Waals surface area contributed by atoms with E-state index in [-0.39, 0.29) is 0 Å². The van der Waals surface area contributed by atoms with Gasteiger partial charge >= 0.3 is 0 Å². The summed E-state index contributed by atoms with van der Waals surface area (Å²) < 4.78 is 2.16. The molecule has 4 rings (SSSR count). The summed E-state index contributed by atoms with van der Waals surface area (Å²) in [7, 11) is 0. The number of fused-ring (bicyclic) bond motifs is 1. The van der Waals surface area contributed by atoms with Crippen molar-refractivity contribution in [1.82, 2.24) is 9.97 Å². The molecule has 0 spiro atoms. The third-order valence-electron chi connectivity index (χ3n) is 4.41. The number of hydrogen-bond acceptors (Lipinski definition) is 3. The molecule has 1 aromatic heterocycles. The number of rotatable bonds is 3. The summed E-state index contributed by atoms with van der Waals surface area (Å²) in [6.07, 6.45) is 6.25. The maximum atomic E-state index is 4.84. The standard InChI is InChI=1S/C21H16Br2N2S/c1-26-21-24-19(14-5-3-7-17(23)12-14)18-9-8-15(20(18)25-21)10-13-4-2-6-16(22)11-13/h2-7,10-12H,8-9H2,1H3/b15-10+. The second-order valence-corrected chi connectivity index (χ2v) is 8.73. The molecule has 26 heavy (non-hydrogen) atoms. The van der Waals surface area contributed by atoms with Crippen LogP contribution in [0.3, 0.4) is 0 Å². The van der Waals surface area contributed by atoms with Crippen LogP contribution in [0.1, 0.15) is 23.2 Å². The molecule has 0 N–H and O–H groups in total. The Labute approximate surface area is 174 Å². The first kappa shape index (κ1) is 18.0. The lowest BCUT2D eigenvalue weighted by Gasteiger charge is -2.10. The molecule has 0 radical (unpaired) electrons. The average molecular weight is 488 g/mol. The number of aromatic nitrogens is 2. The molecule has 0 bridgehead atoms. The number of benzene rings is 2. The topological polar surface area (TPSA) is 25.8 Å². The van der Waals surface area contributed by atoms with Gasteiger partial charge in [-0.05, 0) is 60.6 Å². The number of allylic oxidation sites excluding steroid dienone is 1. The fourth-order valence-corrected chi connectivity index (χ4v) is 4.43. The number of halogens is 2. The lowest BCUT2D eigenvalue weighted by atomic mass is 10.0. The smallest absolute Gasteiger partial charge is 0.188 e. The Morgan fingerprint density at radius 2 is 1.65 bits per heavy atom. The summed E-state index contributed by atoms with van der Waals surface area (Å²) >= 11 is 8.72. The molecule has 130 valence electrons. The van der Waals surface area contributed by atoms with Crippen LogP contribution in [0.15, 0.2) is 62.6 Å². The van der Waals surface area contributed by atoms with Crippen molar-refractivity contribution in [2.24, 2.45) is 0 Å². The second kappa shape index (κ2) is 7.67. The third-order valence-corrected chi connectivity index (χ3v) is 5.94. The zero-order chi connectivity index (χ0) is 18.1. The summed E-state index contributed by atoms with van der Waals surface area (Å²) in [5.41, 5.74) is 7.01. The third kappa shape index (κ3) is 3.66. The number of hydrogen-bond donors (Lipinski definition) is 0. The van der Waals surface area contributed by atoms with Gasteiger partial charge in [0.25, 0.3) is 0 Å². The van der Waals surface area contributed by atoms with Gasteiger partial charge in [-0.25, -0.2) is 9.97 Å². The fourth-order valence-electron chi connectivity index (χ4n) is 3.25. The molecular formula is C21H16Br2N2S. The van der Waals surface area contributed by atoms with E-state index in [0.717, 1.165) is 43.9 Å². The summed E-state index contributed by atoms with van der Waals surface area (Å²) in [6.45, 7) is 0. The van der Waals surface area contributed by atoms with E-state index >= 15 is 0 Å². The van der Waals surface area contributed by atoms with Gasteiger partial charge in [-0.15, -0.1) is 0 Å². The van der Waals surface area contributed by atoms with Gasteiger partial charge in [-0.2, -0.15) is 0 Å². The highest BCUT2D eigenvalue weighted by Crippen LogP contribution is 2.39. The van der Waals surface area contributed by atoms with E-state index in [1.807, 2.05) is 18.4 Å². The quantitative estimate of drug-likeness (QED) is 0.297. The molecule has 0 amide bonds.